The van der Waals surface area contributed by atoms with Crippen molar-refractivity contribution in [3.8, 4) is 0 Å². The Morgan fingerprint density at radius 1 is 1.20 bits per heavy atom. The van der Waals surface area contributed by atoms with Crippen molar-refractivity contribution in [2.45, 2.75) is 13.8 Å². The van der Waals surface area contributed by atoms with E-state index in [1.165, 1.54) is 7.11 Å². The minimum atomic E-state index is -3.20. The molecule has 0 atom stereocenters. The maximum Gasteiger partial charge on any atom is 0.336 e. The van der Waals surface area contributed by atoms with E-state index < -0.39 is 7.60 Å². The molecule has 0 aliphatic carbocycles. The molecule has 0 N–H and O–H groups in total. The van der Waals surface area contributed by atoms with Gasteiger partial charge in [0, 0.05) is 10.0 Å². The molecule has 112 valence electrons. The molecule has 1 rings (SSSR count). The molecule has 0 aliphatic rings. The van der Waals surface area contributed by atoms with Gasteiger partial charge < -0.3 is 13.9 Å². The van der Waals surface area contributed by atoms with E-state index in [0.29, 0.717) is 18.9 Å². The third-order valence-electron chi connectivity index (χ3n) is 2.37. The molecule has 7 heteroatoms. The van der Waals surface area contributed by atoms with Crippen molar-refractivity contribution in [3.63, 3.8) is 0 Å². The lowest BCUT2D eigenvalue weighted by atomic mass is 10.1. The topological polar surface area (TPSA) is 57.1 Å². The van der Waals surface area contributed by atoms with Gasteiger partial charge in [-0.2, -0.15) is 0 Å². The number of halogens is 1. The van der Waals surface area contributed by atoms with E-state index in [2.05, 4.69) is 21.1 Å². The van der Waals surface area contributed by atoms with E-state index in [1.54, 1.807) is 13.8 Å². The van der Waals surface area contributed by atoms with Crippen molar-refractivity contribution in [1.29, 1.82) is 0 Å². The van der Waals surface area contributed by atoms with Crippen LogP contribution in [-0.4, -0.2) is 32.2 Å². The maximum atomic E-state index is 12.5. The van der Waals surface area contributed by atoms with Crippen molar-refractivity contribution in [2.75, 3.05) is 26.5 Å². The van der Waals surface area contributed by atoms with Crippen molar-refractivity contribution in [3.05, 3.63) is 34.3 Å². The highest BCUT2D eigenvalue weighted by Crippen LogP contribution is 2.48. The average molecular weight is 364 g/mol. The molecule has 0 aromatic heterocycles. The third-order valence-corrected chi connectivity index (χ3v) is 4.89. The SMILES string of the molecule is CCOP(=O)(C/C(=N\OC)c1ccc(Br)cc1)OCC. The van der Waals surface area contributed by atoms with E-state index in [4.69, 9.17) is 13.9 Å². The Hall–Kier alpha value is -0.680. The van der Waals surface area contributed by atoms with Crippen LogP contribution < -0.4 is 0 Å². The fraction of sp³-hybridized carbons (Fsp3) is 0.462. The molecule has 0 spiro atoms. The number of hydrogen-bond donors (Lipinski definition) is 0. The number of oxime groups is 1. The predicted molar refractivity (Wildman–Crippen MR) is 83.4 cm³/mol. The minimum absolute atomic E-state index is 0.0736. The van der Waals surface area contributed by atoms with E-state index in [0.717, 1.165) is 10.0 Å². The van der Waals surface area contributed by atoms with E-state index in [9.17, 15) is 4.57 Å². The van der Waals surface area contributed by atoms with Crippen LogP contribution in [0.15, 0.2) is 33.9 Å². The first-order valence-electron chi connectivity index (χ1n) is 6.28. The van der Waals surface area contributed by atoms with Gasteiger partial charge in [0.25, 0.3) is 0 Å². The van der Waals surface area contributed by atoms with Crippen molar-refractivity contribution in [2.24, 2.45) is 5.16 Å². The van der Waals surface area contributed by atoms with Crippen LogP contribution in [0.5, 0.6) is 0 Å². The Labute approximate surface area is 128 Å². The van der Waals surface area contributed by atoms with Crippen molar-refractivity contribution in [1.82, 2.24) is 0 Å². The molecule has 0 amide bonds. The molecule has 0 saturated carbocycles. The highest BCUT2D eigenvalue weighted by atomic mass is 79.9. The molecular formula is C13H19BrNO4P. The fourth-order valence-electron chi connectivity index (χ4n) is 1.63. The Balaban J connectivity index is 3.00. The lowest BCUT2D eigenvalue weighted by Crippen LogP contribution is -2.12. The second-order valence-electron chi connectivity index (χ2n) is 3.83. The van der Waals surface area contributed by atoms with E-state index in [-0.39, 0.29) is 6.16 Å². The molecule has 0 unspecified atom stereocenters. The smallest absolute Gasteiger partial charge is 0.336 e. The Kier molecular flexibility index (Phi) is 7.45. The van der Waals surface area contributed by atoms with Gasteiger partial charge in [-0.1, -0.05) is 33.2 Å². The first kappa shape index (κ1) is 17.4. The lowest BCUT2D eigenvalue weighted by Gasteiger charge is -2.17. The predicted octanol–water partition coefficient (Wildman–Crippen LogP) is 4.07. The number of rotatable bonds is 8. The summed E-state index contributed by atoms with van der Waals surface area (Å²) in [6.45, 7) is 4.19. The summed E-state index contributed by atoms with van der Waals surface area (Å²) in [4.78, 5) is 4.83. The molecule has 5 nitrogen and oxygen atoms in total. The van der Waals surface area contributed by atoms with Crippen LogP contribution in [0.2, 0.25) is 0 Å². The first-order chi connectivity index (χ1) is 9.54. The zero-order valence-corrected chi connectivity index (χ0v) is 14.3. The van der Waals surface area contributed by atoms with Gasteiger partial charge in [-0.15, -0.1) is 0 Å². The second-order valence-corrected chi connectivity index (χ2v) is 6.80. The van der Waals surface area contributed by atoms with Crippen LogP contribution >= 0.6 is 23.5 Å². The molecule has 0 heterocycles. The van der Waals surface area contributed by atoms with Crippen LogP contribution in [-0.2, 0) is 18.5 Å². The molecule has 20 heavy (non-hydrogen) atoms. The van der Waals surface area contributed by atoms with Crippen LogP contribution in [0.3, 0.4) is 0 Å². The summed E-state index contributed by atoms with van der Waals surface area (Å²) in [5.41, 5.74) is 1.35. The highest BCUT2D eigenvalue weighted by molar-refractivity contribution is 9.10. The standard InChI is InChI=1S/C13H19BrNO4P/c1-4-18-20(16,19-5-2)10-13(15-17-3)11-6-8-12(14)9-7-11/h6-9H,4-5,10H2,1-3H3/b15-13+. The normalized spacial score (nSPS) is 12.5. The van der Waals surface area contributed by atoms with Gasteiger partial charge in [0.2, 0.25) is 0 Å². The molecule has 0 bridgehead atoms. The summed E-state index contributed by atoms with van der Waals surface area (Å²) < 4.78 is 24.1. The number of hydrogen-bond acceptors (Lipinski definition) is 5. The van der Waals surface area contributed by atoms with Gasteiger partial charge in [0.05, 0.1) is 25.1 Å². The molecule has 1 aromatic rings. The highest BCUT2D eigenvalue weighted by Gasteiger charge is 2.27. The van der Waals surface area contributed by atoms with Crippen molar-refractivity contribution >= 4 is 29.2 Å². The van der Waals surface area contributed by atoms with Gasteiger partial charge in [-0.3, -0.25) is 4.57 Å². The minimum Gasteiger partial charge on any atom is -0.399 e. The molecule has 0 saturated heterocycles. The zero-order chi connectivity index (χ0) is 15.0. The van der Waals surface area contributed by atoms with Gasteiger partial charge in [-0.05, 0) is 26.0 Å². The summed E-state index contributed by atoms with van der Waals surface area (Å²) in [5, 5.41) is 3.94. The molecule has 0 radical (unpaired) electrons. The monoisotopic (exact) mass is 363 g/mol. The van der Waals surface area contributed by atoms with Gasteiger partial charge in [-0.25, -0.2) is 0 Å². The van der Waals surface area contributed by atoms with Gasteiger partial charge in [0.1, 0.15) is 7.11 Å². The van der Waals surface area contributed by atoms with Gasteiger partial charge >= 0.3 is 7.60 Å². The Morgan fingerprint density at radius 3 is 2.20 bits per heavy atom. The number of benzene rings is 1. The summed E-state index contributed by atoms with van der Waals surface area (Å²) in [6, 6.07) is 7.49. The van der Waals surface area contributed by atoms with Crippen molar-refractivity contribution < 1.29 is 18.5 Å². The van der Waals surface area contributed by atoms with Crippen LogP contribution in [0.25, 0.3) is 0 Å². The van der Waals surface area contributed by atoms with E-state index >= 15 is 0 Å². The Morgan fingerprint density at radius 2 is 1.75 bits per heavy atom. The van der Waals surface area contributed by atoms with Gasteiger partial charge in [0.15, 0.2) is 0 Å². The summed E-state index contributed by atoms with van der Waals surface area (Å²) in [5.74, 6) is 0. The summed E-state index contributed by atoms with van der Waals surface area (Å²) in [6.07, 6.45) is 0.0736. The van der Waals surface area contributed by atoms with E-state index in [1.807, 2.05) is 24.3 Å². The molecule has 0 aliphatic heterocycles. The van der Waals surface area contributed by atoms with Crippen LogP contribution in [0.4, 0.5) is 0 Å². The second kappa shape index (κ2) is 8.57. The van der Waals surface area contributed by atoms with Crippen LogP contribution in [0, 0.1) is 0 Å². The summed E-state index contributed by atoms with van der Waals surface area (Å²) in [7, 11) is -1.76. The quantitative estimate of drug-likeness (QED) is 0.397. The Bertz CT molecular complexity index is 480. The largest absolute Gasteiger partial charge is 0.399 e. The fourth-order valence-corrected chi connectivity index (χ4v) is 3.55. The maximum absolute atomic E-state index is 12.5. The lowest BCUT2D eigenvalue weighted by molar-refractivity contribution is 0.210. The molecular weight excluding hydrogens is 345 g/mol. The number of nitrogens with zero attached hydrogens (tertiary/aromatic N) is 1. The summed E-state index contributed by atoms with van der Waals surface area (Å²) >= 11 is 3.37. The third kappa shape index (κ3) is 5.37. The zero-order valence-electron chi connectivity index (χ0n) is 11.8. The van der Waals surface area contributed by atoms with Crippen LogP contribution in [0.1, 0.15) is 19.4 Å². The molecule has 1 aromatic carbocycles. The first-order valence-corrected chi connectivity index (χ1v) is 8.80. The average Bonchev–Trinajstić information content (AvgIpc) is 2.39. The molecule has 0 fully saturated rings.